The topological polar surface area (TPSA) is 109 Å². The maximum absolute atomic E-state index is 13.5. The van der Waals surface area contributed by atoms with E-state index in [2.05, 4.69) is 45.7 Å². The van der Waals surface area contributed by atoms with Gasteiger partial charge in [0.15, 0.2) is 11.6 Å². The second-order valence-corrected chi connectivity index (χ2v) is 14.3. The highest BCUT2D eigenvalue weighted by Gasteiger charge is 2.34. The van der Waals surface area contributed by atoms with Crippen LogP contribution in [0.25, 0.3) is 0 Å². The summed E-state index contributed by atoms with van der Waals surface area (Å²) in [5.74, 6) is 2.20. The molecule has 0 spiro atoms. The van der Waals surface area contributed by atoms with Crippen molar-refractivity contribution in [1.29, 1.82) is 0 Å². The molecule has 0 atom stereocenters. The second kappa shape index (κ2) is 15.8. The highest BCUT2D eigenvalue weighted by molar-refractivity contribution is 7.92. The second-order valence-electron chi connectivity index (χ2n) is 12.6. The van der Waals surface area contributed by atoms with E-state index < -0.39 is 10.0 Å². The van der Waals surface area contributed by atoms with Crippen LogP contribution in [-0.4, -0.2) is 63.1 Å². The number of aromatic nitrogens is 2. The van der Waals surface area contributed by atoms with Crippen molar-refractivity contribution in [3.63, 3.8) is 0 Å². The minimum Gasteiger partial charge on any atom is -0.497 e. The van der Waals surface area contributed by atoms with Crippen LogP contribution in [-0.2, 0) is 36.2 Å². The molecule has 12 heteroatoms. The Bertz CT molecular complexity index is 1730. The van der Waals surface area contributed by atoms with E-state index in [0.717, 1.165) is 60.7 Å². The van der Waals surface area contributed by atoms with Gasteiger partial charge in [0.1, 0.15) is 23.1 Å². The molecule has 2 aliphatic rings. The van der Waals surface area contributed by atoms with Crippen LogP contribution in [0.1, 0.15) is 54.9 Å². The first-order chi connectivity index (χ1) is 23.8. The van der Waals surface area contributed by atoms with E-state index >= 15 is 0 Å². The minimum absolute atomic E-state index is 0.212. The fraction of sp³-hybridized carbons (Fsp3) is 0.405. The zero-order valence-corrected chi connectivity index (χ0v) is 29.4. The van der Waals surface area contributed by atoms with E-state index in [1.165, 1.54) is 18.4 Å². The van der Waals surface area contributed by atoms with Crippen LogP contribution < -0.4 is 28.7 Å². The normalized spacial score (nSPS) is 15.4. The summed E-state index contributed by atoms with van der Waals surface area (Å²) in [6.07, 6.45) is 4.30. The lowest BCUT2D eigenvalue weighted by Gasteiger charge is -2.34. The van der Waals surface area contributed by atoms with Crippen molar-refractivity contribution >= 4 is 27.3 Å². The Morgan fingerprint density at radius 2 is 1.33 bits per heavy atom. The number of ether oxygens (including phenoxy) is 3. The summed E-state index contributed by atoms with van der Waals surface area (Å²) in [6.45, 7) is 6.99. The predicted octanol–water partition coefficient (Wildman–Crippen LogP) is 6.19. The van der Waals surface area contributed by atoms with Crippen molar-refractivity contribution in [2.45, 2.75) is 58.8 Å². The monoisotopic (exact) mass is 686 g/mol. The van der Waals surface area contributed by atoms with Crippen LogP contribution >= 0.6 is 0 Å². The van der Waals surface area contributed by atoms with Gasteiger partial charge in [-0.25, -0.2) is 8.42 Å². The third kappa shape index (κ3) is 8.93. The number of unbranched alkanes of at least 4 members (excludes halogenated alkanes) is 1. The fourth-order valence-electron chi connectivity index (χ4n) is 6.19. The van der Waals surface area contributed by atoms with Gasteiger partial charge in [0.25, 0.3) is 10.0 Å². The quantitative estimate of drug-likeness (QED) is 0.145. The average Bonchev–Trinajstić information content (AvgIpc) is 3.62. The van der Waals surface area contributed by atoms with Gasteiger partial charge in [0.05, 0.1) is 20.8 Å². The average molecular weight is 687 g/mol. The Kier molecular flexibility index (Phi) is 11.0. The molecule has 1 fully saturated rings. The number of nitrogens with one attached hydrogen (secondary N) is 1. The largest absolute Gasteiger partial charge is 0.497 e. The van der Waals surface area contributed by atoms with Gasteiger partial charge < -0.3 is 24.0 Å². The molecular formula is C37H46N6O5S. The summed E-state index contributed by atoms with van der Waals surface area (Å²) < 4.78 is 46.7. The first kappa shape index (κ1) is 34.3. The lowest BCUT2D eigenvalue weighted by molar-refractivity contribution is 0.285. The van der Waals surface area contributed by atoms with Gasteiger partial charge in [-0.2, -0.15) is 9.97 Å². The maximum Gasteiger partial charge on any atom is 0.320 e. The summed E-state index contributed by atoms with van der Waals surface area (Å²) in [6, 6.07) is 24.3. The number of methoxy groups -OCH3 is 2. The van der Waals surface area contributed by atoms with Crippen molar-refractivity contribution in [2.75, 3.05) is 54.3 Å². The van der Waals surface area contributed by atoms with Gasteiger partial charge in [0, 0.05) is 26.2 Å². The van der Waals surface area contributed by atoms with Gasteiger partial charge in [-0.1, -0.05) is 61.9 Å². The first-order valence-electron chi connectivity index (χ1n) is 16.9. The molecule has 49 heavy (non-hydrogen) atoms. The van der Waals surface area contributed by atoms with Gasteiger partial charge in [-0.05, 0) is 78.9 Å². The van der Waals surface area contributed by atoms with E-state index in [0.29, 0.717) is 43.6 Å². The van der Waals surface area contributed by atoms with Crippen LogP contribution in [0.15, 0.2) is 72.8 Å². The summed E-state index contributed by atoms with van der Waals surface area (Å²) in [5.41, 5.74) is 4.58. The van der Waals surface area contributed by atoms with Gasteiger partial charge >= 0.3 is 6.01 Å². The zero-order valence-electron chi connectivity index (χ0n) is 28.6. The summed E-state index contributed by atoms with van der Waals surface area (Å²) in [7, 11) is -0.478. The highest BCUT2D eigenvalue weighted by Crippen LogP contribution is 2.40. The Morgan fingerprint density at radius 3 is 1.88 bits per heavy atom. The third-order valence-corrected chi connectivity index (χ3v) is 9.99. The molecule has 0 radical (unpaired) electrons. The summed E-state index contributed by atoms with van der Waals surface area (Å²) in [4.78, 5) is 16.0. The van der Waals surface area contributed by atoms with Crippen LogP contribution in [0.4, 0.5) is 17.3 Å². The van der Waals surface area contributed by atoms with E-state index in [4.69, 9.17) is 24.2 Å². The zero-order chi connectivity index (χ0) is 34.2. The number of benzene rings is 3. The lowest BCUT2D eigenvalue weighted by Crippen LogP contribution is -2.39. The lowest BCUT2D eigenvalue weighted by atomic mass is 10.1. The molecule has 11 nitrogen and oxygen atoms in total. The molecule has 1 saturated heterocycles. The number of sulfonamides is 1. The number of hydrogen-bond acceptors (Lipinski definition) is 10. The third-order valence-electron chi connectivity index (χ3n) is 8.83. The predicted molar refractivity (Wildman–Crippen MR) is 193 cm³/mol. The Balaban J connectivity index is 1.38. The smallest absolute Gasteiger partial charge is 0.320 e. The highest BCUT2D eigenvalue weighted by atomic mass is 32.2. The fourth-order valence-corrected chi connectivity index (χ4v) is 7.37. The van der Waals surface area contributed by atoms with Crippen molar-refractivity contribution < 1.29 is 22.6 Å². The Hall–Kier alpha value is -4.55. The number of rotatable bonds is 15. The van der Waals surface area contributed by atoms with Crippen molar-refractivity contribution in [2.24, 2.45) is 0 Å². The van der Waals surface area contributed by atoms with E-state index in [1.54, 1.807) is 19.1 Å². The van der Waals surface area contributed by atoms with Crippen molar-refractivity contribution in [3.8, 4) is 17.5 Å². The molecule has 1 aromatic heterocycles. The maximum atomic E-state index is 13.5. The molecular weight excluding hydrogens is 641 g/mol. The van der Waals surface area contributed by atoms with Crippen LogP contribution in [0.3, 0.4) is 0 Å². The molecule has 3 heterocycles. The molecule has 0 amide bonds. The Morgan fingerprint density at radius 1 is 0.776 bits per heavy atom. The number of nitrogens with zero attached hydrogens (tertiary/aromatic N) is 5. The molecule has 0 saturated carbocycles. The molecule has 4 aromatic rings. The summed E-state index contributed by atoms with van der Waals surface area (Å²) in [5, 5.41) is 0. The number of anilines is 3. The summed E-state index contributed by atoms with van der Waals surface area (Å²) >= 11 is 0. The molecule has 0 bridgehead atoms. The van der Waals surface area contributed by atoms with Crippen molar-refractivity contribution in [1.82, 2.24) is 14.9 Å². The molecule has 1 N–H and O–H groups in total. The van der Waals surface area contributed by atoms with Crippen molar-refractivity contribution in [3.05, 3.63) is 95.1 Å². The van der Waals surface area contributed by atoms with Crippen LogP contribution in [0.5, 0.6) is 17.5 Å². The minimum atomic E-state index is -3.75. The van der Waals surface area contributed by atoms with Gasteiger partial charge in [-0.15, -0.1) is 0 Å². The molecule has 3 aromatic carbocycles. The Labute approximate surface area is 289 Å². The molecule has 260 valence electrons. The van der Waals surface area contributed by atoms with E-state index in [-0.39, 0.29) is 11.9 Å². The SMILES string of the molecule is CCCCOc1nc(N(Cc2ccc(OC)cc2)Cc2ccc(OC)cc2)c2c(n1)N(Cc1ccc(CN3CCCC3)cc1)CS(=O)(=O)N2. The van der Waals surface area contributed by atoms with Crippen LogP contribution in [0.2, 0.25) is 0 Å². The standard InChI is InChI=1S/C37H46N6O5S/c1-4-5-22-48-37-38-35(42(24-30-12-16-32(46-2)17-13-30)25-31-14-18-33(47-3)19-15-31)34-36(39-37)43(27-49(44,45)40-34)26-29-10-8-28(9-11-29)23-41-20-6-7-21-41/h8-19,40H,4-7,20-27H2,1-3H3. The number of likely N-dealkylation sites (tertiary alicyclic amines) is 1. The molecule has 0 aliphatic carbocycles. The first-order valence-corrected chi connectivity index (χ1v) is 18.6. The molecule has 0 unspecified atom stereocenters. The number of hydrogen-bond donors (Lipinski definition) is 1. The number of fused-ring (bicyclic) bond motifs is 1. The van der Waals surface area contributed by atoms with Gasteiger partial charge in [0.2, 0.25) is 0 Å². The molecule has 6 rings (SSSR count). The van der Waals surface area contributed by atoms with E-state index in [9.17, 15) is 8.42 Å². The van der Waals surface area contributed by atoms with E-state index in [1.807, 2.05) is 48.5 Å². The molecule has 2 aliphatic heterocycles. The van der Waals surface area contributed by atoms with Crippen LogP contribution in [0, 0.1) is 0 Å². The van der Waals surface area contributed by atoms with Gasteiger partial charge in [-0.3, -0.25) is 9.62 Å².